The van der Waals surface area contributed by atoms with Crippen LogP contribution in [0.3, 0.4) is 0 Å². The Morgan fingerprint density at radius 3 is 1.73 bits per heavy atom. The number of carbonyl (C=O) groups is 3. The predicted molar refractivity (Wildman–Crippen MR) is 38.0 cm³/mol. The van der Waals surface area contributed by atoms with Gasteiger partial charge in [-0.2, -0.15) is 0 Å². The van der Waals surface area contributed by atoms with Crippen molar-refractivity contribution in [2.24, 2.45) is 5.41 Å². The molecule has 3 heteroatoms. The van der Waals surface area contributed by atoms with Crippen molar-refractivity contribution in [2.75, 3.05) is 0 Å². The molecule has 0 radical (unpaired) electrons. The van der Waals surface area contributed by atoms with Gasteiger partial charge in [-0.1, -0.05) is 13.8 Å². The fourth-order valence-electron chi connectivity index (χ4n) is 1.25. The van der Waals surface area contributed by atoms with Crippen LogP contribution in [-0.2, 0) is 14.4 Å². The van der Waals surface area contributed by atoms with Gasteiger partial charge in [0.25, 0.3) is 5.78 Å². The van der Waals surface area contributed by atoms with Crippen molar-refractivity contribution in [3.05, 3.63) is 0 Å². The summed E-state index contributed by atoms with van der Waals surface area (Å²) in [4.78, 5) is 32.4. The largest absolute Gasteiger partial charge is 0.290 e. The molecule has 0 saturated heterocycles. The first-order chi connectivity index (χ1) is 4.92. The maximum absolute atomic E-state index is 10.8. The lowest BCUT2D eigenvalue weighted by atomic mass is 9.76. The van der Waals surface area contributed by atoms with Crippen LogP contribution in [0.5, 0.6) is 0 Å². The van der Waals surface area contributed by atoms with Gasteiger partial charge in [0, 0.05) is 12.8 Å². The molecular weight excluding hydrogens is 144 g/mol. The summed E-state index contributed by atoms with van der Waals surface area (Å²) in [6.07, 6.45) is 0.412. The fourth-order valence-corrected chi connectivity index (χ4v) is 1.25. The van der Waals surface area contributed by atoms with Gasteiger partial charge in [-0.15, -0.1) is 0 Å². The number of hydrogen-bond donors (Lipinski definition) is 0. The van der Waals surface area contributed by atoms with E-state index in [9.17, 15) is 14.4 Å². The molecule has 1 fully saturated rings. The van der Waals surface area contributed by atoms with Crippen molar-refractivity contribution in [2.45, 2.75) is 26.7 Å². The van der Waals surface area contributed by atoms with Gasteiger partial charge >= 0.3 is 0 Å². The SMILES string of the molecule is CC1(C)CC(=O)C(=O)C(=O)C1. The Morgan fingerprint density at radius 2 is 1.36 bits per heavy atom. The number of Topliss-reactive ketones (excluding diaryl/α,β-unsaturated/α-hetero) is 3. The molecule has 60 valence electrons. The van der Waals surface area contributed by atoms with Crippen LogP contribution in [0.4, 0.5) is 0 Å². The molecule has 0 aromatic carbocycles. The first-order valence-corrected chi connectivity index (χ1v) is 3.53. The summed E-state index contributed by atoms with van der Waals surface area (Å²) in [5, 5.41) is 0. The smallest absolute Gasteiger partial charge is 0.264 e. The summed E-state index contributed by atoms with van der Waals surface area (Å²) < 4.78 is 0. The molecule has 0 aliphatic heterocycles. The highest BCUT2D eigenvalue weighted by Gasteiger charge is 2.38. The van der Waals surface area contributed by atoms with Crippen LogP contribution >= 0.6 is 0 Å². The minimum atomic E-state index is -0.815. The van der Waals surface area contributed by atoms with Crippen molar-refractivity contribution < 1.29 is 14.4 Å². The molecule has 1 aliphatic carbocycles. The van der Waals surface area contributed by atoms with Gasteiger partial charge in [-0.25, -0.2) is 0 Å². The van der Waals surface area contributed by atoms with Crippen LogP contribution in [0, 0.1) is 5.41 Å². The van der Waals surface area contributed by atoms with Gasteiger partial charge in [-0.05, 0) is 5.41 Å². The summed E-state index contributed by atoms with van der Waals surface area (Å²) in [5.41, 5.74) is -0.317. The zero-order valence-corrected chi connectivity index (χ0v) is 6.64. The summed E-state index contributed by atoms with van der Waals surface area (Å²) in [7, 11) is 0. The van der Waals surface area contributed by atoms with E-state index >= 15 is 0 Å². The van der Waals surface area contributed by atoms with Crippen LogP contribution < -0.4 is 0 Å². The maximum Gasteiger partial charge on any atom is 0.264 e. The van der Waals surface area contributed by atoms with E-state index in [1.54, 1.807) is 0 Å². The van der Waals surface area contributed by atoms with Gasteiger partial charge < -0.3 is 0 Å². The Morgan fingerprint density at radius 1 is 1.00 bits per heavy atom. The minimum Gasteiger partial charge on any atom is -0.290 e. The molecule has 3 nitrogen and oxygen atoms in total. The molecule has 0 N–H and O–H groups in total. The Kier molecular flexibility index (Phi) is 1.66. The van der Waals surface area contributed by atoms with E-state index in [0.29, 0.717) is 0 Å². The summed E-state index contributed by atoms with van der Waals surface area (Å²) in [6.45, 7) is 3.63. The minimum absolute atomic E-state index is 0.206. The first kappa shape index (κ1) is 8.11. The number of carbonyl (C=O) groups excluding carboxylic acids is 3. The second kappa shape index (κ2) is 2.26. The van der Waals surface area contributed by atoms with Crippen LogP contribution in [0.25, 0.3) is 0 Å². The Hall–Kier alpha value is -0.990. The third-order valence-electron chi connectivity index (χ3n) is 1.78. The summed E-state index contributed by atoms with van der Waals surface area (Å²) in [6, 6.07) is 0. The third-order valence-corrected chi connectivity index (χ3v) is 1.78. The zero-order valence-electron chi connectivity index (χ0n) is 6.64. The van der Waals surface area contributed by atoms with E-state index in [2.05, 4.69) is 0 Å². The zero-order chi connectivity index (χ0) is 8.65. The number of ketones is 3. The molecule has 1 rings (SSSR count). The molecule has 11 heavy (non-hydrogen) atoms. The lowest BCUT2D eigenvalue weighted by Crippen LogP contribution is -2.37. The van der Waals surface area contributed by atoms with E-state index in [-0.39, 0.29) is 18.3 Å². The normalized spacial score (nSPS) is 24.0. The van der Waals surface area contributed by atoms with E-state index in [1.165, 1.54) is 0 Å². The molecule has 0 unspecified atom stereocenters. The van der Waals surface area contributed by atoms with Crippen molar-refractivity contribution in [1.29, 1.82) is 0 Å². The standard InChI is InChI=1S/C8H10O3/c1-8(2)3-5(9)7(11)6(10)4-8/h3-4H2,1-2H3. The van der Waals surface area contributed by atoms with Gasteiger partial charge in [0.05, 0.1) is 0 Å². The second-order valence-corrected chi connectivity index (χ2v) is 3.69. The molecule has 0 atom stereocenters. The molecule has 0 amide bonds. The highest BCUT2D eigenvalue weighted by atomic mass is 16.2. The van der Waals surface area contributed by atoms with Gasteiger partial charge in [0.15, 0.2) is 0 Å². The van der Waals surface area contributed by atoms with Crippen LogP contribution in [0.1, 0.15) is 26.7 Å². The Labute approximate surface area is 64.8 Å². The van der Waals surface area contributed by atoms with Crippen LogP contribution in [0.2, 0.25) is 0 Å². The molecule has 0 aromatic heterocycles. The van der Waals surface area contributed by atoms with E-state index in [4.69, 9.17) is 0 Å². The Bertz CT molecular complexity index is 216. The highest BCUT2D eigenvalue weighted by Crippen LogP contribution is 2.29. The second-order valence-electron chi connectivity index (χ2n) is 3.69. The average molecular weight is 154 g/mol. The quantitative estimate of drug-likeness (QED) is 0.478. The lowest BCUT2D eigenvalue weighted by Gasteiger charge is -2.25. The fraction of sp³-hybridized carbons (Fsp3) is 0.625. The van der Waals surface area contributed by atoms with Crippen molar-refractivity contribution in [1.82, 2.24) is 0 Å². The molecular formula is C8H10O3. The van der Waals surface area contributed by atoms with E-state index in [1.807, 2.05) is 13.8 Å². The van der Waals surface area contributed by atoms with Crippen LogP contribution in [-0.4, -0.2) is 17.3 Å². The molecule has 0 heterocycles. The highest BCUT2D eigenvalue weighted by molar-refractivity contribution is 6.64. The molecule has 0 bridgehead atoms. The van der Waals surface area contributed by atoms with Gasteiger partial charge in [-0.3, -0.25) is 14.4 Å². The van der Waals surface area contributed by atoms with Crippen molar-refractivity contribution in [3.63, 3.8) is 0 Å². The average Bonchev–Trinajstić information content (AvgIpc) is 1.81. The summed E-state index contributed by atoms with van der Waals surface area (Å²) in [5.74, 6) is -1.89. The predicted octanol–water partition coefficient (Wildman–Crippen LogP) is 0.514. The van der Waals surface area contributed by atoms with Crippen molar-refractivity contribution >= 4 is 17.3 Å². The van der Waals surface area contributed by atoms with Gasteiger partial charge in [0.2, 0.25) is 11.6 Å². The van der Waals surface area contributed by atoms with E-state index in [0.717, 1.165) is 0 Å². The van der Waals surface area contributed by atoms with Crippen LogP contribution in [0.15, 0.2) is 0 Å². The monoisotopic (exact) mass is 154 g/mol. The molecule has 1 saturated carbocycles. The Balaban J connectivity index is 2.87. The topological polar surface area (TPSA) is 51.2 Å². The third kappa shape index (κ3) is 1.53. The number of hydrogen-bond acceptors (Lipinski definition) is 3. The molecule has 0 spiro atoms. The summed E-state index contributed by atoms with van der Waals surface area (Å²) >= 11 is 0. The number of rotatable bonds is 0. The van der Waals surface area contributed by atoms with E-state index < -0.39 is 17.3 Å². The maximum atomic E-state index is 10.8. The molecule has 0 aromatic rings. The van der Waals surface area contributed by atoms with Gasteiger partial charge in [0.1, 0.15) is 0 Å². The molecule has 1 aliphatic rings. The first-order valence-electron chi connectivity index (χ1n) is 3.53. The van der Waals surface area contributed by atoms with Crippen molar-refractivity contribution in [3.8, 4) is 0 Å². The lowest BCUT2D eigenvalue weighted by molar-refractivity contribution is -0.148.